The third-order valence-electron chi connectivity index (χ3n) is 2.60. The Hall–Kier alpha value is -2.36. The van der Waals surface area contributed by atoms with Gasteiger partial charge < -0.3 is 10.4 Å². The molecule has 0 aliphatic rings. The van der Waals surface area contributed by atoms with Crippen LogP contribution in [0.1, 0.15) is 21.5 Å². The molecule has 0 fully saturated rings. The maximum Gasteiger partial charge on any atom is 0.335 e. The molecule has 0 aliphatic carbocycles. The van der Waals surface area contributed by atoms with Crippen LogP contribution in [0.25, 0.3) is 0 Å². The van der Waals surface area contributed by atoms with Gasteiger partial charge in [-0.2, -0.15) is 0 Å². The van der Waals surface area contributed by atoms with Crippen molar-refractivity contribution in [2.24, 2.45) is 0 Å². The second-order valence-electron chi connectivity index (χ2n) is 4.07. The third-order valence-corrected chi connectivity index (χ3v) is 2.60. The third kappa shape index (κ3) is 3.07. The van der Waals surface area contributed by atoms with Gasteiger partial charge in [-0.15, -0.1) is 0 Å². The Bertz CT molecular complexity index is 550. The number of anilines is 1. The fourth-order valence-electron chi connectivity index (χ4n) is 1.56. The molecule has 0 saturated heterocycles. The van der Waals surface area contributed by atoms with Crippen LogP contribution >= 0.6 is 0 Å². The molecule has 0 atom stereocenters. The number of aromatic carboxylic acids is 1. The highest BCUT2D eigenvalue weighted by Crippen LogP contribution is 2.09. The lowest BCUT2D eigenvalue weighted by molar-refractivity contribution is 0.0697. The first-order valence-electron chi connectivity index (χ1n) is 5.64. The SMILES string of the molecule is Cc1ccc(CNc2cc(C(=O)O)ccn2)cc1. The number of nitrogens with zero attached hydrogens (tertiary/aromatic N) is 1. The molecule has 0 unspecified atom stereocenters. The Morgan fingerprint density at radius 1 is 1.28 bits per heavy atom. The summed E-state index contributed by atoms with van der Waals surface area (Å²) >= 11 is 0. The first kappa shape index (κ1) is 12.1. The van der Waals surface area contributed by atoms with Crippen molar-refractivity contribution in [2.75, 3.05) is 5.32 Å². The van der Waals surface area contributed by atoms with E-state index < -0.39 is 5.97 Å². The molecule has 0 bridgehead atoms. The minimum atomic E-state index is -0.948. The van der Waals surface area contributed by atoms with Gasteiger partial charge in [-0.25, -0.2) is 9.78 Å². The zero-order valence-electron chi connectivity index (χ0n) is 10.1. The van der Waals surface area contributed by atoms with Crippen molar-refractivity contribution in [3.63, 3.8) is 0 Å². The number of hydrogen-bond donors (Lipinski definition) is 2. The predicted octanol–water partition coefficient (Wildman–Crippen LogP) is 2.70. The molecule has 4 nitrogen and oxygen atoms in total. The van der Waals surface area contributed by atoms with Crippen LogP contribution in [-0.4, -0.2) is 16.1 Å². The van der Waals surface area contributed by atoms with Gasteiger partial charge in [0.25, 0.3) is 0 Å². The first-order chi connectivity index (χ1) is 8.65. The summed E-state index contributed by atoms with van der Waals surface area (Å²) in [6, 6.07) is 11.1. The summed E-state index contributed by atoms with van der Waals surface area (Å²) in [6.07, 6.45) is 1.49. The van der Waals surface area contributed by atoms with Crippen LogP contribution in [-0.2, 0) is 6.54 Å². The molecule has 1 aromatic heterocycles. The smallest absolute Gasteiger partial charge is 0.335 e. The molecule has 0 amide bonds. The van der Waals surface area contributed by atoms with Gasteiger partial charge in [0.1, 0.15) is 5.82 Å². The minimum absolute atomic E-state index is 0.233. The number of benzene rings is 1. The number of nitrogens with one attached hydrogen (secondary N) is 1. The van der Waals surface area contributed by atoms with Gasteiger partial charge in [0.05, 0.1) is 5.56 Å². The monoisotopic (exact) mass is 242 g/mol. The number of rotatable bonds is 4. The van der Waals surface area contributed by atoms with E-state index in [0.29, 0.717) is 12.4 Å². The number of carboxylic acids is 1. The molecule has 1 aromatic carbocycles. The van der Waals surface area contributed by atoms with Gasteiger partial charge in [-0.1, -0.05) is 29.8 Å². The molecule has 2 N–H and O–H groups in total. The Morgan fingerprint density at radius 2 is 2.00 bits per heavy atom. The summed E-state index contributed by atoms with van der Waals surface area (Å²) in [6.45, 7) is 2.66. The van der Waals surface area contributed by atoms with E-state index in [1.165, 1.54) is 23.9 Å². The molecule has 2 rings (SSSR count). The van der Waals surface area contributed by atoms with E-state index in [0.717, 1.165) is 5.56 Å². The molecule has 1 heterocycles. The van der Waals surface area contributed by atoms with Crippen LogP contribution in [0, 0.1) is 6.92 Å². The highest BCUT2D eigenvalue weighted by molar-refractivity contribution is 5.88. The molecule has 18 heavy (non-hydrogen) atoms. The van der Waals surface area contributed by atoms with Crippen LogP contribution in [0.4, 0.5) is 5.82 Å². The van der Waals surface area contributed by atoms with Crippen LogP contribution in [0.15, 0.2) is 42.6 Å². The van der Waals surface area contributed by atoms with Gasteiger partial charge in [0.15, 0.2) is 0 Å². The number of hydrogen-bond acceptors (Lipinski definition) is 3. The van der Waals surface area contributed by atoms with E-state index in [1.54, 1.807) is 0 Å². The van der Waals surface area contributed by atoms with E-state index in [4.69, 9.17) is 5.11 Å². The normalized spacial score (nSPS) is 10.1. The van der Waals surface area contributed by atoms with E-state index in [-0.39, 0.29) is 5.56 Å². The summed E-state index contributed by atoms with van der Waals surface area (Å²) in [5, 5.41) is 12.0. The van der Waals surface area contributed by atoms with Gasteiger partial charge in [-0.05, 0) is 24.6 Å². The quantitative estimate of drug-likeness (QED) is 0.865. The highest BCUT2D eigenvalue weighted by Gasteiger charge is 2.03. The molecule has 4 heteroatoms. The summed E-state index contributed by atoms with van der Waals surface area (Å²) < 4.78 is 0. The molecule has 0 aliphatic heterocycles. The molecular weight excluding hydrogens is 228 g/mol. The number of pyridine rings is 1. The molecule has 0 radical (unpaired) electrons. The predicted molar refractivity (Wildman–Crippen MR) is 69.7 cm³/mol. The zero-order valence-corrected chi connectivity index (χ0v) is 10.1. The molecular formula is C14H14N2O2. The fourth-order valence-corrected chi connectivity index (χ4v) is 1.56. The Morgan fingerprint density at radius 3 is 2.67 bits per heavy atom. The largest absolute Gasteiger partial charge is 0.478 e. The van der Waals surface area contributed by atoms with Crippen LogP contribution in [0.3, 0.4) is 0 Å². The standard InChI is InChI=1S/C14H14N2O2/c1-10-2-4-11(5-3-10)9-16-13-8-12(14(17)18)6-7-15-13/h2-8H,9H2,1H3,(H,15,16)(H,17,18). The Kier molecular flexibility index (Phi) is 3.57. The molecule has 0 spiro atoms. The van der Waals surface area contributed by atoms with Crippen molar-refractivity contribution in [2.45, 2.75) is 13.5 Å². The first-order valence-corrected chi connectivity index (χ1v) is 5.64. The second kappa shape index (κ2) is 5.31. The van der Waals surface area contributed by atoms with Crippen molar-refractivity contribution < 1.29 is 9.90 Å². The molecule has 0 saturated carbocycles. The van der Waals surface area contributed by atoms with Gasteiger partial charge in [0.2, 0.25) is 0 Å². The maximum atomic E-state index is 10.8. The van der Waals surface area contributed by atoms with E-state index >= 15 is 0 Å². The maximum absolute atomic E-state index is 10.8. The van der Waals surface area contributed by atoms with Gasteiger partial charge >= 0.3 is 5.97 Å². The van der Waals surface area contributed by atoms with Crippen molar-refractivity contribution >= 4 is 11.8 Å². The van der Waals surface area contributed by atoms with Crippen LogP contribution in [0.2, 0.25) is 0 Å². The lowest BCUT2D eigenvalue weighted by Crippen LogP contribution is -2.03. The summed E-state index contributed by atoms with van der Waals surface area (Å²) in [7, 11) is 0. The minimum Gasteiger partial charge on any atom is -0.478 e. The number of carboxylic acid groups (broad SMARTS) is 1. The zero-order chi connectivity index (χ0) is 13.0. The van der Waals surface area contributed by atoms with Crippen molar-refractivity contribution in [1.29, 1.82) is 0 Å². The van der Waals surface area contributed by atoms with Crippen molar-refractivity contribution in [3.05, 3.63) is 59.3 Å². The van der Waals surface area contributed by atoms with E-state index in [2.05, 4.69) is 10.3 Å². The number of carbonyl (C=O) groups is 1. The number of aromatic nitrogens is 1. The average molecular weight is 242 g/mol. The van der Waals surface area contributed by atoms with Crippen LogP contribution < -0.4 is 5.32 Å². The summed E-state index contributed by atoms with van der Waals surface area (Å²) in [5.74, 6) is -0.383. The van der Waals surface area contributed by atoms with Gasteiger partial charge in [-0.3, -0.25) is 0 Å². The van der Waals surface area contributed by atoms with Crippen molar-refractivity contribution in [3.8, 4) is 0 Å². The van der Waals surface area contributed by atoms with E-state index in [9.17, 15) is 4.79 Å². The summed E-state index contributed by atoms with van der Waals surface area (Å²) in [4.78, 5) is 14.9. The topological polar surface area (TPSA) is 62.2 Å². The van der Waals surface area contributed by atoms with Gasteiger partial charge in [0, 0.05) is 12.7 Å². The Labute approximate surface area is 105 Å². The van der Waals surface area contributed by atoms with Crippen molar-refractivity contribution in [1.82, 2.24) is 4.98 Å². The number of aryl methyl sites for hydroxylation is 1. The van der Waals surface area contributed by atoms with Crippen LogP contribution in [0.5, 0.6) is 0 Å². The molecule has 2 aromatic rings. The fraction of sp³-hybridized carbons (Fsp3) is 0.143. The Balaban J connectivity index is 2.04. The summed E-state index contributed by atoms with van der Waals surface area (Å²) in [5.41, 5.74) is 2.57. The average Bonchev–Trinajstić information content (AvgIpc) is 2.38. The second-order valence-corrected chi connectivity index (χ2v) is 4.07. The molecule has 92 valence electrons. The lowest BCUT2D eigenvalue weighted by atomic mass is 10.1. The highest BCUT2D eigenvalue weighted by atomic mass is 16.4. The lowest BCUT2D eigenvalue weighted by Gasteiger charge is -2.06. The van der Waals surface area contributed by atoms with E-state index in [1.807, 2.05) is 31.2 Å².